The molecule has 0 fully saturated rings. The Morgan fingerprint density at radius 2 is 2.03 bits per heavy atom. The number of cyclic esters (lactones) is 1. The van der Waals surface area contributed by atoms with Gasteiger partial charge in [0.05, 0.1) is 18.2 Å². The second kappa shape index (κ2) is 6.87. The first-order chi connectivity index (χ1) is 14.2. The number of hydrogen-bond acceptors (Lipinski definition) is 7. The van der Waals surface area contributed by atoms with Gasteiger partial charge in [0.1, 0.15) is 18.2 Å². The molecule has 0 saturated carbocycles. The van der Waals surface area contributed by atoms with Crippen molar-refractivity contribution >= 4 is 28.4 Å². The van der Waals surface area contributed by atoms with Crippen molar-refractivity contribution in [3.8, 4) is 17.1 Å². The molecule has 0 aliphatic carbocycles. The standard InChI is InChI=1S/C22H16N4O3/c1-28-16-6-7-19-18(10-16)21(26-20(25-19)13-3-2-8-23-11-13)24-15-5-4-14-12-29-22(27)17(14)9-15/h2-11H,12H2,1H3,(H,24,25,26). The summed E-state index contributed by atoms with van der Waals surface area (Å²) in [7, 11) is 1.62. The maximum atomic E-state index is 11.9. The minimum atomic E-state index is -0.311. The van der Waals surface area contributed by atoms with Gasteiger partial charge in [0.25, 0.3) is 0 Å². The lowest BCUT2D eigenvalue weighted by Gasteiger charge is -2.12. The van der Waals surface area contributed by atoms with Crippen LogP contribution in [-0.4, -0.2) is 28.0 Å². The van der Waals surface area contributed by atoms with Crippen LogP contribution in [0.15, 0.2) is 60.9 Å². The Bertz CT molecular complexity index is 1240. The molecule has 2 aromatic carbocycles. The number of ether oxygens (including phenoxy) is 2. The van der Waals surface area contributed by atoms with Gasteiger partial charge in [-0.05, 0) is 42.5 Å². The topological polar surface area (TPSA) is 86.2 Å². The highest BCUT2D eigenvalue weighted by Gasteiger charge is 2.21. The van der Waals surface area contributed by atoms with Crippen LogP contribution in [0.4, 0.5) is 11.5 Å². The Hall–Kier alpha value is -4.00. The molecule has 7 heteroatoms. The number of benzene rings is 2. The normalized spacial score (nSPS) is 12.5. The van der Waals surface area contributed by atoms with Gasteiger partial charge >= 0.3 is 5.97 Å². The Balaban J connectivity index is 1.64. The lowest BCUT2D eigenvalue weighted by molar-refractivity contribution is 0.0535. The van der Waals surface area contributed by atoms with E-state index in [0.717, 1.165) is 27.7 Å². The number of aromatic nitrogens is 3. The third-order valence-electron chi connectivity index (χ3n) is 4.77. The van der Waals surface area contributed by atoms with Crippen LogP contribution in [0.2, 0.25) is 0 Å². The molecule has 0 bridgehead atoms. The first-order valence-corrected chi connectivity index (χ1v) is 9.04. The number of pyridine rings is 1. The molecular formula is C22H16N4O3. The zero-order chi connectivity index (χ0) is 19.8. The van der Waals surface area contributed by atoms with Crippen molar-refractivity contribution in [1.29, 1.82) is 0 Å². The lowest BCUT2D eigenvalue weighted by atomic mass is 10.1. The summed E-state index contributed by atoms with van der Waals surface area (Å²) in [5, 5.41) is 4.13. The molecule has 0 unspecified atom stereocenters. The van der Waals surface area contributed by atoms with E-state index in [1.807, 2.05) is 42.5 Å². The van der Waals surface area contributed by atoms with E-state index in [1.165, 1.54) is 0 Å². The predicted octanol–water partition coefficient (Wildman–Crippen LogP) is 4.11. The van der Waals surface area contributed by atoms with E-state index < -0.39 is 0 Å². The average Bonchev–Trinajstić information content (AvgIpc) is 3.14. The molecule has 1 N–H and O–H groups in total. The van der Waals surface area contributed by atoms with E-state index in [4.69, 9.17) is 14.5 Å². The summed E-state index contributed by atoms with van der Waals surface area (Å²) in [4.78, 5) is 25.5. The van der Waals surface area contributed by atoms with Gasteiger partial charge in [-0.25, -0.2) is 14.8 Å². The number of rotatable bonds is 4. The van der Waals surface area contributed by atoms with Crippen LogP contribution in [0.1, 0.15) is 15.9 Å². The molecule has 1 aliphatic rings. The maximum Gasteiger partial charge on any atom is 0.338 e. The average molecular weight is 384 g/mol. The molecule has 0 radical (unpaired) electrons. The van der Waals surface area contributed by atoms with Crippen molar-refractivity contribution in [3.63, 3.8) is 0 Å². The van der Waals surface area contributed by atoms with Gasteiger partial charge in [-0.3, -0.25) is 4.98 Å². The number of anilines is 2. The van der Waals surface area contributed by atoms with Crippen LogP contribution in [0.5, 0.6) is 5.75 Å². The SMILES string of the molecule is COc1ccc2nc(-c3cccnc3)nc(Nc3ccc4c(c3)C(=O)OC4)c2c1. The molecule has 7 nitrogen and oxygen atoms in total. The monoisotopic (exact) mass is 384 g/mol. The number of fused-ring (bicyclic) bond motifs is 2. The predicted molar refractivity (Wildman–Crippen MR) is 108 cm³/mol. The largest absolute Gasteiger partial charge is 0.497 e. The Morgan fingerprint density at radius 1 is 1.10 bits per heavy atom. The van der Waals surface area contributed by atoms with E-state index >= 15 is 0 Å². The highest BCUT2D eigenvalue weighted by atomic mass is 16.5. The van der Waals surface area contributed by atoms with Crippen molar-refractivity contribution in [1.82, 2.24) is 15.0 Å². The Labute approximate surface area is 166 Å². The number of nitrogens with zero attached hydrogens (tertiary/aromatic N) is 3. The summed E-state index contributed by atoms with van der Waals surface area (Å²) in [6.07, 6.45) is 3.43. The van der Waals surface area contributed by atoms with Crippen molar-refractivity contribution in [3.05, 3.63) is 72.1 Å². The quantitative estimate of drug-likeness (QED) is 0.530. The smallest absolute Gasteiger partial charge is 0.338 e. The fourth-order valence-electron chi connectivity index (χ4n) is 3.28. The van der Waals surface area contributed by atoms with Crippen LogP contribution in [0.25, 0.3) is 22.3 Å². The molecule has 3 heterocycles. The first kappa shape index (κ1) is 17.1. The highest BCUT2D eigenvalue weighted by Crippen LogP contribution is 2.31. The van der Waals surface area contributed by atoms with Crippen molar-refractivity contribution in [2.75, 3.05) is 12.4 Å². The first-order valence-electron chi connectivity index (χ1n) is 9.04. The number of methoxy groups -OCH3 is 1. The summed E-state index contributed by atoms with van der Waals surface area (Å²) < 4.78 is 10.5. The summed E-state index contributed by atoms with van der Waals surface area (Å²) in [6.45, 7) is 0.313. The molecule has 29 heavy (non-hydrogen) atoms. The van der Waals surface area contributed by atoms with Gasteiger partial charge in [-0.2, -0.15) is 0 Å². The third-order valence-corrected chi connectivity index (χ3v) is 4.77. The molecule has 2 aromatic heterocycles. The van der Waals surface area contributed by atoms with Crippen molar-refractivity contribution < 1.29 is 14.3 Å². The van der Waals surface area contributed by atoms with Gasteiger partial charge in [-0.1, -0.05) is 6.07 Å². The van der Waals surface area contributed by atoms with Crippen LogP contribution in [0, 0.1) is 0 Å². The molecular weight excluding hydrogens is 368 g/mol. The molecule has 142 valence electrons. The van der Waals surface area contributed by atoms with E-state index in [0.29, 0.717) is 29.6 Å². The fraction of sp³-hybridized carbons (Fsp3) is 0.0909. The minimum absolute atomic E-state index is 0.311. The zero-order valence-electron chi connectivity index (χ0n) is 15.5. The Morgan fingerprint density at radius 3 is 2.86 bits per heavy atom. The molecule has 0 saturated heterocycles. The second-order valence-electron chi connectivity index (χ2n) is 6.59. The number of carbonyl (C=O) groups excluding carboxylic acids is 1. The fourth-order valence-corrected chi connectivity index (χ4v) is 3.28. The van der Waals surface area contributed by atoms with Crippen molar-refractivity contribution in [2.45, 2.75) is 6.61 Å². The van der Waals surface area contributed by atoms with Crippen LogP contribution < -0.4 is 10.1 Å². The number of carbonyl (C=O) groups is 1. The maximum absolute atomic E-state index is 11.9. The van der Waals surface area contributed by atoms with Gasteiger partial charge in [0.2, 0.25) is 0 Å². The molecule has 5 rings (SSSR count). The van der Waals surface area contributed by atoms with Crippen LogP contribution >= 0.6 is 0 Å². The van der Waals surface area contributed by atoms with Gasteiger partial charge in [0.15, 0.2) is 5.82 Å². The van der Waals surface area contributed by atoms with Gasteiger partial charge < -0.3 is 14.8 Å². The summed E-state index contributed by atoms with van der Waals surface area (Å²) in [5.74, 6) is 1.56. The van der Waals surface area contributed by atoms with Crippen LogP contribution in [-0.2, 0) is 11.3 Å². The van der Waals surface area contributed by atoms with E-state index in [-0.39, 0.29) is 5.97 Å². The van der Waals surface area contributed by atoms with E-state index in [1.54, 1.807) is 25.6 Å². The molecule has 1 aliphatic heterocycles. The number of hydrogen-bond donors (Lipinski definition) is 1. The Kier molecular flexibility index (Phi) is 4.05. The molecule has 0 spiro atoms. The number of nitrogens with one attached hydrogen (secondary N) is 1. The van der Waals surface area contributed by atoms with E-state index in [9.17, 15) is 4.79 Å². The van der Waals surface area contributed by atoms with Crippen LogP contribution in [0.3, 0.4) is 0 Å². The van der Waals surface area contributed by atoms with Crippen molar-refractivity contribution in [2.24, 2.45) is 0 Å². The second-order valence-corrected chi connectivity index (χ2v) is 6.59. The highest BCUT2D eigenvalue weighted by molar-refractivity contribution is 5.96. The molecule has 4 aromatic rings. The summed E-state index contributed by atoms with van der Waals surface area (Å²) >= 11 is 0. The lowest BCUT2D eigenvalue weighted by Crippen LogP contribution is -2.01. The minimum Gasteiger partial charge on any atom is -0.497 e. The van der Waals surface area contributed by atoms with E-state index in [2.05, 4.69) is 15.3 Å². The zero-order valence-corrected chi connectivity index (χ0v) is 15.5. The molecule has 0 atom stereocenters. The van der Waals surface area contributed by atoms with Gasteiger partial charge in [0, 0.05) is 34.6 Å². The summed E-state index contributed by atoms with van der Waals surface area (Å²) in [6, 6.07) is 14.9. The summed E-state index contributed by atoms with van der Waals surface area (Å²) in [5.41, 5.74) is 3.76. The number of esters is 1. The van der Waals surface area contributed by atoms with Gasteiger partial charge in [-0.15, -0.1) is 0 Å². The third kappa shape index (κ3) is 3.12. The molecule has 0 amide bonds.